The van der Waals surface area contributed by atoms with Gasteiger partial charge >= 0.3 is 5.97 Å². The lowest BCUT2D eigenvalue weighted by atomic mass is 10.2. The van der Waals surface area contributed by atoms with E-state index >= 15 is 0 Å². The standard InChI is InChI=1S/C16H16N2O6S/c1-2-24-16(21)11-7-9-12(10-8-11)25(22,23)18-17-15(20)13-5-3-4-6-14(13)19/h3-10,18-19H,2H2,1H3,(H,17,20). The zero-order valence-corrected chi connectivity index (χ0v) is 14.0. The molecular weight excluding hydrogens is 348 g/mol. The number of benzene rings is 2. The first kappa shape index (κ1) is 18.4. The summed E-state index contributed by atoms with van der Waals surface area (Å²) in [6, 6.07) is 10.7. The van der Waals surface area contributed by atoms with Crippen LogP contribution in [0.25, 0.3) is 0 Å². The van der Waals surface area contributed by atoms with Crippen molar-refractivity contribution in [1.82, 2.24) is 10.3 Å². The van der Waals surface area contributed by atoms with Crippen molar-refractivity contribution in [2.45, 2.75) is 11.8 Å². The van der Waals surface area contributed by atoms with Crippen LogP contribution in [0.2, 0.25) is 0 Å². The lowest BCUT2D eigenvalue weighted by molar-refractivity contribution is 0.0526. The maximum absolute atomic E-state index is 12.2. The molecule has 0 aliphatic rings. The topological polar surface area (TPSA) is 122 Å². The number of hydrazine groups is 1. The predicted molar refractivity (Wildman–Crippen MR) is 88.3 cm³/mol. The number of carbonyl (C=O) groups excluding carboxylic acids is 2. The Morgan fingerprint density at radius 2 is 1.72 bits per heavy atom. The van der Waals surface area contributed by atoms with Crippen LogP contribution in [0.1, 0.15) is 27.6 Å². The summed E-state index contributed by atoms with van der Waals surface area (Å²) < 4.78 is 29.1. The fourth-order valence-corrected chi connectivity index (χ4v) is 2.73. The molecule has 0 saturated heterocycles. The highest BCUT2D eigenvalue weighted by Crippen LogP contribution is 2.15. The number of phenols is 1. The van der Waals surface area contributed by atoms with Crippen LogP contribution in [-0.2, 0) is 14.8 Å². The summed E-state index contributed by atoms with van der Waals surface area (Å²) in [5.74, 6) is -1.66. The fraction of sp³-hybridized carbons (Fsp3) is 0.125. The van der Waals surface area contributed by atoms with Crippen molar-refractivity contribution in [3.8, 4) is 5.75 Å². The summed E-state index contributed by atoms with van der Waals surface area (Å²) in [5.41, 5.74) is 2.13. The van der Waals surface area contributed by atoms with Crippen molar-refractivity contribution >= 4 is 21.9 Å². The molecule has 0 aliphatic carbocycles. The van der Waals surface area contributed by atoms with Crippen molar-refractivity contribution in [1.29, 1.82) is 0 Å². The van der Waals surface area contributed by atoms with Gasteiger partial charge in [-0.15, -0.1) is 4.83 Å². The monoisotopic (exact) mass is 364 g/mol. The van der Waals surface area contributed by atoms with E-state index in [9.17, 15) is 23.1 Å². The number of amides is 1. The molecule has 0 aromatic heterocycles. The Morgan fingerprint density at radius 1 is 1.08 bits per heavy atom. The SMILES string of the molecule is CCOC(=O)c1ccc(S(=O)(=O)NNC(=O)c2ccccc2O)cc1. The molecule has 0 unspecified atom stereocenters. The van der Waals surface area contributed by atoms with Crippen LogP contribution in [0.4, 0.5) is 0 Å². The third-order valence-corrected chi connectivity index (χ3v) is 4.39. The average Bonchev–Trinajstić information content (AvgIpc) is 2.60. The molecule has 132 valence electrons. The van der Waals surface area contributed by atoms with E-state index in [2.05, 4.69) is 0 Å². The van der Waals surface area contributed by atoms with E-state index in [1.807, 2.05) is 10.3 Å². The van der Waals surface area contributed by atoms with Gasteiger partial charge in [0.05, 0.1) is 22.6 Å². The minimum atomic E-state index is -4.05. The number of carbonyl (C=O) groups is 2. The van der Waals surface area contributed by atoms with E-state index in [1.54, 1.807) is 6.92 Å². The second kappa shape index (κ2) is 7.77. The van der Waals surface area contributed by atoms with Gasteiger partial charge < -0.3 is 9.84 Å². The van der Waals surface area contributed by atoms with Gasteiger partial charge in [-0.3, -0.25) is 10.2 Å². The first-order valence-electron chi connectivity index (χ1n) is 7.22. The van der Waals surface area contributed by atoms with Gasteiger partial charge in [-0.05, 0) is 43.3 Å². The Morgan fingerprint density at radius 3 is 2.32 bits per heavy atom. The van der Waals surface area contributed by atoms with Crippen LogP contribution in [0.5, 0.6) is 5.75 Å². The van der Waals surface area contributed by atoms with E-state index in [0.717, 1.165) is 0 Å². The zero-order chi connectivity index (χ0) is 18.4. The lowest BCUT2D eigenvalue weighted by Gasteiger charge is -2.09. The predicted octanol–water partition coefficient (Wildman–Crippen LogP) is 1.19. The van der Waals surface area contributed by atoms with Gasteiger partial charge in [0.25, 0.3) is 15.9 Å². The molecule has 0 bridgehead atoms. The highest BCUT2D eigenvalue weighted by atomic mass is 32.2. The van der Waals surface area contributed by atoms with Crippen molar-refractivity contribution in [2.24, 2.45) is 0 Å². The van der Waals surface area contributed by atoms with Gasteiger partial charge in [-0.25, -0.2) is 13.2 Å². The first-order chi connectivity index (χ1) is 11.8. The minimum Gasteiger partial charge on any atom is -0.507 e. The van der Waals surface area contributed by atoms with Crippen molar-refractivity contribution < 1.29 is 27.9 Å². The van der Waals surface area contributed by atoms with E-state index in [4.69, 9.17) is 4.74 Å². The summed E-state index contributed by atoms with van der Waals surface area (Å²) in [5, 5.41) is 9.57. The summed E-state index contributed by atoms with van der Waals surface area (Å²) >= 11 is 0. The Kier molecular flexibility index (Phi) is 5.73. The number of aromatic hydroxyl groups is 1. The highest BCUT2D eigenvalue weighted by molar-refractivity contribution is 7.89. The maximum atomic E-state index is 12.2. The number of ether oxygens (including phenoxy) is 1. The van der Waals surface area contributed by atoms with Crippen LogP contribution in [0.15, 0.2) is 53.4 Å². The molecule has 2 aromatic carbocycles. The number of rotatable bonds is 6. The molecule has 0 heterocycles. The Labute approximate surface area is 144 Å². The zero-order valence-electron chi connectivity index (χ0n) is 13.2. The third kappa shape index (κ3) is 4.55. The quantitative estimate of drug-likeness (QED) is 0.523. The van der Waals surface area contributed by atoms with Crippen LogP contribution in [-0.4, -0.2) is 32.0 Å². The Bertz CT molecular complexity index is 878. The van der Waals surface area contributed by atoms with Crippen LogP contribution >= 0.6 is 0 Å². The molecule has 2 aromatic rings. The minimum absolute atomic E-state index is 0.0807. The average molecular weight is 364 g/mol. The van der Waals surface area contributed by atoms with Gasteiger partial charge in [-0.2, -0.15) is 0 Å². The molecule has 25 heavy (non-hydrogen) atoms. The molecule has 0 saturated carbocycles. The van der Waals surface area contributed by atoms with E-state index < -0.39 is 21.9 Å². The normalized spacial score (nSPS) is 10.9. The summed E-state index contributed by atoms with van der Waals surface area (Å²) in [4.78, 5) is 25.2. The Hall–Kier alpha value is -2.91. The third-order valence-electron chi connectivity index (χ3n) is 3.12. The highest BCUT2D eigenvalue weighted by Gasteiger charge is 2.18. The van der Waals surface area contributed by atoms with E-state index in [-0.39, 0.29) is 28.4 Å². The molecule has 3 N–H and O–H groups in total. The molecule has 1 amide bonds. The number of phenolic OH excluding ortho intramolecular Hbond substituents is 1. The van der Waals surface area contributed by atoms with E-state index in [0.29, 0.717) is 0 Å². The van der Waals surface area contributed by atoms with Crippen molar-refractivity contribution in [3.63, 3.8) is 0 Å². The molecular formula is C16H16N2O6S. The molecule has 0 fully saturated rings. The second-order valence-electron chi connectivity index (χ2n) is 4.82. The van der Waals surface area contributed by atoms with Gasteiger partial charge in [0.2, 0.25) is 0 Å². The number of hydrogen-bond donors (Lipinski definition) is 3. The number of nitrogens with one attached hydrogen (secondary N) is 2. The first-order valence-corrected chi connectivity index (χ1v) is 8.71. The Balaban J connectivity index is 2.08. The molecule has 8 nitrogen and oxygen atoms in total. The second-order valence-corrected chi connectivity index (χ2v) is 6.50. The van der Waals surface area contributed by atoms with Gasteiger partial charge in [0.15, 0.2) is 0 Å². The van der Waals surface area contributed by atoms with Gasteiger partial charge in [0, 0.05) is 0 Å². The molecule has 9 heteroatoms. The summed E-state index contributed by atoms with van der Waals surface area (Å²) in [7, 11) is -4.05. The van der Waals surface area contributed by atoms with Crippen molar-refractivity contribution in [3.05, 3.63) is 59.7 Å². The smallest absolute Gasteiger partial charge is 0.338 e. The van der Waals surface area contributed by atoms with Gasteiger partial charge in [0.1, 0.15) is 5.75 Å². The lowest BCUT2D eigenvalue weighted by Crippen LogP contribution is -2.41. The molecule has 0 aliphatic heterocycles. The number of sulfonamides is 1. The number of esters is 1. The molecule has 2 rings (SSSR count). The maximum Gasteiger partial charge on any atom is 0.338 e. The molecule has 0 atom stereocenters. The van der Waals surface area contributed by atoms with Crippen LogP contribution in [0.3, 0.4) is 0 Å². The molecule has 0 spiro atoms. The van der Waals surface area contributed by atoms with Crippen molar-refractivity contribution in [2.75, 3.05) is 6.61 Å². The summed E-state index contributed by atoms with van der Waals surface area (Å²) in [6.07, 6.45) is 0. The van der Waals surface area contributed by atoms with Crippen LogP contribution < -0.4 is 10.3 Å². The van der Waals surface area contributed by atoms with Gasteiger partial charge in [-0.1, -0.05) is 12.1 Å². The van der Waals surface area contributed by atoms with Crippen LogP contribution in [0, 0.1) is 0 Å². The fourth-order valence-electron chi connectivity index (χ4n) is 1.89. The number of para-hydroxylation sites is 1. The largest absolute Gasteiger partial charge is 0.507 e. The number of hydrogen-bond acceptors (Lipinski definition) is 6. The summed E-state index contributed by atoms with van der Waals surface area (Å²) in [6.45, 7) is 1.87. The molecule has 0 radical (unpaired) electrons. The van der Waals surface area contributed by atoms with E-state index in [1.165, 1.54) is 48.5 Å².